The second-order valence-corrected chi connectivity index (χ2v) is 6.64. The number of ether oxygens (including phenoxy) is 1. The summed E-state index contributed by atoms with van der Waals surface area (Å²) in [6.45, 7) is 3.66. The number of aromatic amines is 1. The van der Waals surface area contributed by atoms with Crippen LogP contribution in [-0.2, 0) is 13.0 Å². The van der Waals surface area contributed by atoms with Crippen molar-refractivity contribution in [1.29, 1.82) is 0 Å². The van der Waals surface area contributed by atoms with Crippen LogP contribution in [0.15, 0.2) is 48.8 Å². The van der Waals surface area contributed by atoms with Crippen LogP contribution in [0.25, 0.3) is 0 Å². The summed E-state index contributed by atoms with van der Waals surface area (Å²) in [5.41, 5.74) is 3.62. The number of benzene rings is 2. The van der Waals surface area contributed by atoms with Gasteiger partial charge in [-0.1, -0.05) is 24.3 Å². The number of nitrogens with one attached hydrogen (secondary N) is 1. The molecule has 27 heavy (non-hydrogen) atoms. The van der Waals surface area contributed by atoms with Gasteiger partial charge in [0.2, 0.25) is 0 Å². The summed E-state index contributed by atoms with van der Waals surface area (Å²) in [6.07, 6.45) is 2.51. The average molecular weight is 367 g/mol. The molecule has 1 aliphatic rings. The number of aromatic nitrogens is 2. The van der Waals surface area contributed by atoms with Crippen molar-refractivity contribution in [3.8, 4) is 11.5 Å². The molecule has 0 amide bonds. The van der Waals surface area contributed by atoms with E-state index in [2.05, 4.69) is 14.9 Å². The molecular weight excluding hydrogens is 345 g/mol. The molecule has 0 fully saturated rings. The lowest BCUT2D eigenvalue weighted by molar-refractivity contribution is 0.197. The van der Waals surface area contributed by atoms with Crippen LogP contribution in [0.4, 0.5) is 4.39 Å². The Balaban J connectivity index is 1.70. The van der Waals surface area contributed by atoms with Gasteiger partial charge in [-0.25, -0.2) is 9.37 Å². The van der Waals surface area contributed by atoms with E-state index in [1.54, 1.807) is 24.5 Å². The van der Waals surface area contributed by atoms with Crippen molar-refractivity contribution < 1.29 is 14.2 Å². The third-order valence-corrected chi connectivity index (χ3v) is 4.95. The Labute approximate surface area is 157 Å². The van der Waals surface area contributed by atoms with E-state index < -0.39 is 0 Å². The monoisotopic (exact) mass is 367 g/mol. The summed E-state index contributed by atoms with van der Waals surface area (Å²) >= 11 is 0. The minimum absolute atomic E-state index is 0.158. The van der Waals surface area contributed by atoms with Crippen LogP contribution in [0.1, 0.15) is 35.5 Å². The van der Waals surface area contributed by atoms with E-state index in [4.69, 9.17) is 4.74 Å². The SMILES string of the molecule is CCOc1cccc(CN2CCc3[nH]cnc3[C@H]2c2cccc(F)c2)c1O. The van der Waals surface area contributed by atoms with E-state index in [1.165, 1.54) is 6.07 Å². The number of rotatable bonds is 5. The van der Waals surface area contributed by atoms with E-state index >= 15 is 0 Å². The summed E-state index contributed by atoms with van der Waals surface area (Å²) in [4.78, 5) is 9.90. The Morgan fingerprint density at radius 2 is 2.15 bits per heavy atom. The molecule has 4 rings (SSSR count). The Morgan fingerprint density at radius 3 is 2.96 bits per heavy atom. The molecule has 2 aromatic carbocycles. The molecule has 2 N–H and O–H groups in total. The molecule has 0 bridgehead atoms. The summed E-state index contributed by atoms with van der Waals surface area (Å²) in [6, 6.07) is 12.0. The predicted octanol–water partition coefficient (Wildman–Crippen LogP) is 3.80. The van der Waals surface area contributed by atoms with Gasteiger partial charge in [-0.05, 0) is 30.7 Å². The van der Waals surface area contributed by atoms with Crippen LogP contribution < -0.4 is 4.74 Å². The van der Waals surface area contributed by atoms with Gasteiger partial charge < -0.3 is 14.8 Å². The lowest BCUT2D eigenvalue weighted by Gasteiger charge is -2.35. The van der Waals surface area contributed by atoms with Gasteiger partial charge >= 0.3 is 0 Å². The quantitative estimate of drug-likeness (QED) is 0.720. The molecule has 0 saturated carbocycles. The maximum absolute atomic E-state index is 13.9. The van der Waals surface area contributed by atoms with Crippen LogP contribution in [0.2, 0.25) is 0 Å². The first-order valence-corrected chi connectivity index (χ1v) is 9.12. The van der Waals surface area contributed by atoms with Crippen molar-refractivity contribution in [2.45, 2.75) is 25.9 Å². The molecule has 1 aromatic heterocycles. The zero-order valence-corrected chi connectivity index (χ0v) is 15.2. The fraction of sp³-hybridized carbons (Fsp3) is 0.286. The summed E-state index contributed by atoms with van der Waals surface area (Å²) < 4.78 is 19.4. The Bertz CT molecular complexity index is 941. The molecule has 1 aliphatic heterocycles. The van der Waals surface area contributed by atoms with E-state index in [-0.39, 0.29) is 17.6 Å². The molecule has 6 heteroatoms. The molecule has 0 spiro atoms. The van der Waals surface area contributed by atoms with Crippen LogP contribution >= 0.6 is 0 Å². The lowest BCUT2D eigenvalue weighted by Crippen LogP contribution is -2.36. The fourth-order valence-corrected chi connectivity index (χ4v) is 3.73. The number of hydrogen-bond acceptors (Lipinski definition) is 4. The third-order valence-electron chi connectivity index (χ3n) is 4.95. The normalized spacial score (nSPS) is 16.9. The number of para-hydroxylation sites is 1. The first-order chi connectivity index (χ1) is 13.2. The maximum atomic E-state index is 13.9. The zero-order chi connectivity index (χ0) is 18.8. The highest BCUT2D eigenvalue weighted by Gasteiger charge is 2.31. The molecule has 3 aromatic rings. The van der Waals surface area contributed by atoms with Gasteiger partial charge in [-0.2, -0.15) is 0 Å². The topological polar surface area (TPSA) is 61.4 Å². The standard InChI is InChI=1S/C21H22FN3O2/c1-2-27-18-8-4-6-15(21(18)26)12-25-10-9-17-19(24-13-23-17)20(25)14-5-3-7-16(22)11-14/h3-8,11,13,20,26H,2,9-10,12H2,1H3,(H,23,24)/t20-/m1/s1. The molecule has 5 nitrogen and oxygen atoms in total. The minimum Gasteiger partial charge on any atom is -0.504 e. The van der Waals surface area contributed by atoms with Crippen LogP contribution in [-0.4, -0.2) is 33.1 Å². The molecule has 0 radical (unpaired) electrons. The van der Waals surface area contributed by atoms with Gasteiger partial charge in [0, 0.05) is 30.8 Å². The summed E-state index contributed by atoms with van der Waals surface area (Å²) in [7, 11) is 0. The van der Waals surface area contributed by atoms with Crippen LogP contribution in [0.5, 0.6) is 11.5 Å². The highest BCUT2D eigenvalue weighted by molar-refractivity contribution is 5.45. The highest BCUT2D eigenvalue weighted by Crippen LogP contribution is 2.37. The number of H-pyrrole nitrogens is 1. The fourth-order valence-electron chi connectivity index (χ4n) is 3.73. The highest BCUT2D eigenvalue weighted by atomic mass is 19.1. The van der Waals surface area contributed by atoms with Crippen molar-refractivity contribution in [2.24, 2.45) is 0 Å². The molecule has 0 unspecified atom stereocenters. The van der Waals surface area contributed by atoms with Gasteiger partial charge in [-0.3, -0.25) is 4.90 Å². The number of phenols is 1. The Morgan fingerprint density at radius 1 is 1.30 bits per heavy atom. The van der Waals surface area contributed by atoms with E-state index in [1.807, 2.05) is 25.1 Å². The molecular formula is C21H22FN3O2. The van der Waals surface area contributed by atoms with E-state index in [0.29, 0.717) is 18.9 Å². The molecule has 2 heterocycles. The molecule has 1 atom stereocenters. The van der Waals surface area contributed by atoms with Gasteiger partial charge in [-0.15, -0.1) is 0 Å². The second kappa shape index (κ2) is 7.40. The number of fused-ring (bicyclic) bond motifs is 1. The van der Waals surface area contributed by atoms with E-state index in [0.717, 1.165) is 35.5 Å². The average Bonchev–Trinajstić information content (AvgIpc) is 3.13. The van der Waals surface area contributed by atoms with Gasteiger partial charge in [0.15, 0.2) is 11.5 Å². The second-order valence-electron chi connectivity index (χ2n) is 6.64. The Hall–Kier alpha value is -2.86. The molecule has 0 saturated heterocycles. The van der Waals surface area contributed by atoms with Crippen LogP contribution in [0, 0.1) is 5.82 Å². The summed E-state index contributed by atoms with van der Waals surface area (Å²) in [5, 5.41) is 10.6. The Kier molecular flexibility index (Phi) is 4.81. The van der Waals surface area contributed by atoms with Crippen molar-refractivity contribution >= 4 is 0 Å². The number of phenolic OH excluding ortho intramolecular Hbond substituents is 1. The van der Waals surface area contributed by atoms with Crippen molar-refractivity contribution in [2.75, 3.05) is 13.2 Å². The number of imidazole rings is 1. The molecule has 0 aliphatic carbocycles. The number of hydrogen-bond donors (Lipinski definition) is 2. The lowest BCUT2D eigenvalue weighted by atomic mass is 9.95. The third kappa shape index (κ3) is 3.40. The van der Waals surface area contributed by atoms with Gasteiger partial charge in [0.05, 0.1) is 24.7 Å². The predicted molar refractivity (Wildman–Crippen MR) is 100 cm³/mol. The number of halogens is 1. The van der Waals surface area contributed by atoms with Crippen molar-refractivity contribution in [3.63, 3.8) is 0 Å². The zero-order valence-electron chi connectivity index (χ0n) is 15.2. The first kappa shape index (κ1) is 17.5. The summed E-state index contributed by atoms with van der Waals surface area (Å²) in [5.74, 6) is 0.372. The van der Waals surface area contributed by atoms with Gasteiger partial charge in [0.1, 0.15) is 5.82 Å². The van der Waals surface area contributed by atoms with Crippen LogP contribution in [0.3, 0.4) is 0 Å². The van der Waals surface area contributed by atoms with E-state index in [9.17, 15) is 9.50 Å². The maximum Gasteiger partial charge on any atom is 0.162 e. The van der Waals surface area contributed by atoms with Crippen molar-refractivity contribution in [1.82, 2.24) is 14.9 Å². The number of aromatic hydroxyl groups is 1. The molecule has 140 valence electrons. The minimum atomic E-state index is -0.267. The van der Waals surface area contributed by atoms with Crippen molar-refractivity contribution in [3.05, 3.63) is 77.1 Å². The van der Waals surface area contributed by atoms with Gasteiger partial charge in [0.25, 0.3) is 0 Å². The first-order valence-electron chi connectivity index (χ1n) is 9.12. The largest absolute Gasteiger partial charge is 0.504 e. The number of nitrogens with zero attached hydrogens (tertiary/aromatic N) is 2. The smallest absolute Gasteiger partial charge is 0.162 e.